The van der Waals surface area contributed by atoms with E-state index in [4.69, 9.17) is 14.2 Å². The quantitative estimate of drug-likeness (QED) is 0.238. The van der Waals surface area contributed by atoms with Gasteiger partial charge in [-0.15, -0.1) is 11.8 Å². The van der Waals surface area contributed by atoms with Gasteiger partial charge in [0.05, 0.1) is 35.1 Å². The van der Waals surface area contributed by atoms with E-state index in [0.717, 1.165) is 10.5 Å². The molecule has 0 saturated heterocycles. The van der Waals surface area contributed by atoms with Crippen LogP contribution >= 0.6 is 23.1 Å². The highest BCUT2D eigenvalue weighted by Crippen LogP contribution is 2.32. The molecule has 0 spiro atoms. The monoisotopic (exact) mass is 552 g/mol. The van der Waals surface area contributed by atoms with Crippen molar-refractivity contribution in [2.45, 2.75) is 38.6 Å². The molecule has 0 aliphatic carbocycles. The molecule has 0 saturated carbocycles. The summed E-state index contributed by atoms with van der Waals surface area (Å²) >= 11 is 2.85. The van der Waals surface area contributed by atoms with Crippen LogP contribution in [0.3, 0.4) is 0 Å². The summed E-state index contributed by atoms with van der Waals surface area (Å²) in [5.74, 6) is -0.243. The Morgan fingerprint density at radius 1 is 1.11 bits per heavy atom. The van der Waals surface area contributed by atoms with Crippen molar-refractivity contribution in [3.05, 3.63) is 84.5 Å². The van der Waals surface area contributed by atoms with E-state index in [1.165, 1.54) is 18.3 Å². The number of hydrogen-bond donors (Lipinski definition) is 0. The van der Waals surface area contributed by atoms with Crippen molar-refractivity contribution in [3.8, 4) is 11.5 Å². The van der Waals surface area contributed by atoms with E-state index >= 15 is 0 Å². The normalized spacial score (nSPS) is 15.1. The van der Waals surface area contributed by atoms with E-state index in [1.807, 2.05) is 37.4 Å². The number of esters is 2. The molecule has 3 aromatic rings. The molecule has 2 heterocycles. The Bertz CT molecular complexity index is 1580. The summed E-state index contributed by atoms with van der Waals surface area (Å²) < 4.78 is 18.2. The third-order valence-corrected chi connectivity index (χ3v) is 7.49. The second-order valence-electron chi connectivity index (χ2n) is 8.31. The van der Waals surface area contributed by atoms with Crippen molar-refractivity contribution in [2.24, 2.45) is 4.99 Å². The van der Waals surface area contributed by atoms with Gasteiger partial charge in [0.25, 0.3) is 5.56 Å². The number of thiazole rings is 1. The average molecular weight is 553 g/mol. The van der Waals surface area contributed by atoms with Gasteiger partial charge in [-0.1, -0.05) is 29.5 Å². The second-order valence-corrected chi connectivity index (χ2v) is 10.2. The first kappa shape index (κ1) is 27.4. The van der Waals surface area contributed by atoms with Gasteiger partial charge in [0.15, 0.2) is 16.3 Å². The molecule has 2 aromatic carbocycles. The molecule has 0 amide bonds. The summed E-state index contributed by atoms with van der Waals surface area (Å²) in [7, 11) is 0. The van der Waals surface area contributed by atoms with E-state index in [2.05, 4.69) is 4.99 Å². The summed E-state index contributed by atoms with van der Waals surface area (Å²) in [6.07, 6.45) is 3.73. The van der Waals surface area contributed by atoms with E-state index < -0.39 is 18.0 Å². The fraction of sp³-hybridized carbons (Fsp3) is 0.286. The van der Waals surface area contributed by atoms with Crippen LogP contribution in [-0.4, -0.2) is 36.0 Å². The van der Waals surface area contributed by atoms with E-state index in [-0.39, 0.29) is 12.2 Å². The van der Waals surface area contributed by atoms with Crippen LogP contribution in [0.25, 0.3) is 6.08 Å². The topological polar surface area (TPSA) is 96.2 Å². The summed E-state index contributed by atoms with van der Waals surface area (Å²) in [6, 6.07) is 12.2. The molecule has 10 heteroatoms. The predicted octanol–water partition coefficient (Wildman–Crippen LogP) is 3.84. The number of fused-ring (bicyclic) bond motifs is 1. The molecule has 1 aliphatic rings. The number of hydrogen-bond acceptors (Lipinski definition) is 9. The number of benzene rings is 2. The number of ether oxygens (including phenoxy) is 3. The maximum atomic E-state index is 13.8. The molecule has 1 aliphatic heterocycles. The van der Waals surface area contributed by atoms with E-state index in [1.54, 1.807) is 54.5 Å². The van der Waals surface area contributed by atoms with Crippen LogP contribution in [0.1, 0.15) is 44.9 Å². The van der Waals surface area contributed by atoms with E-state index in [9.17, 15) is 14.4 Å². The number of rotatable bonds is 8. The average Bonchev–Trinajstić information content (AvgIpc) is 3.19. The fourth-order valence-electron chi connectivity index (χ4n) is 4.17. The Labute approximate surface area is 228 Å². The third kappa shape index (κ3) is 5.61. The molecule has 0 fully saturated rings. The molecule has 0 N–H and O–H groups in total. The summed E-state index contributed by atoms with van der Waals surface area (Å²) in [4.78, 5) is 44.4. The van der Waals surface area contributed by atoms with Gasteiger partial charge in [-0.25, -0.2) is 9.79 Å². The first-order chi connectivity index (χ1) is 18.3. The summed E-state index contributed by atoms with van der Waals surface area (Å²) in [5.41, 5.74) is 2.06. The zero-order chi connectivity index (χ0) is 27.4. The van der Waals surface area contributed by atoms with Crippen molar-refractivity contribution in [1.82, 2.24) is 4.57 Å². The molecule has 1 atom stereocenters. The lowest BCUT2D eigenvalue weighted by Crippen LogP contribution is -2.39. The molecule has 1 aromatic heterocycles. The largest absolute Gasteiger partial charge is 0.490 e. The van der Waals surface area contributed by atoms with Gasteiger partial charge in [0.2, 0.25) is 0 Å². The van der Waals surface area contributed by atoms with Crippen LogP contribution in [0, 0.1) is 0 Å². The molecule has 0 bridgehead atoms. The number of aromatic nitrogens is 1. The summed E-state index contributed by atoms with van der Waals surface area (Å²) in [5, 5.41) is 0. The number of thioether (sulfide) groups is 1. The molecule has 38 heavy (non-hydrogen) atoms. The zero-order valence-corrected chi connectivity index (χ0v) is 23.4. The lowest BCUT2D eigenvalue weighted by atomic mass is 9.96. The highest BCUT2D eigenvalue weighted by Gasteiger charge is 2.33. The molecule has 198 valence electrons. The second kappa shape index (κ2) is 11.8. The van der Waals surface area contributed by atoms with Crippen LogP contribution < -0.4 is 24.4 Å². The minimum Gasteiger partial charge on any atom is -0.490 e. The van der Waals surface area contributed by atoms with Crippen molar-refractivity contribution >= 4 is 41.1 Å². The maximum Gasteiger partial charge on any atom is 0.338 e. The van der Waals surface area contributed by atoms with Gasteiger partial charge in [-0.2, -0.15) is 0 Å². The molecular formula is C28H28N2O6S2. The minimum atomic E-state index is -0.673. The predicted molar refractivity (Wildman–Crippen MR) is 148 cm³/mol. The molecule has 1 unspecified atom stereocenters. The zero-order valence-electron chi connectivity index (χ0n) is 21.8. The van der Waals surface area contributed by atoms with Crippen molar-refractivity contribution in [3.63, 3.8) is 0 Å². The van der Waals surface area contributed by atoms with Crippen LogP contribution in [0.4, 0.5) is 0 Å². The molecular weight excluding hydrogens is 524 g/mol. The van der Waals surface area contributed by atoms with Crippen LogP contribution in [-0.2, 0) is 14.3 Å². The highest BCUT2D eigenvalue weighted by molar-refractivity contribution is 7.98. The van der Waals surface area contributed by atoms with Gasteiger partial charge < -0.3 is 14.2 Å². The summed E-state index contributed by atoms with van der Waals surface area (Å²) in [6.45, 7) is 7.25. The Hall–Kier alpha value is -3.63. The van der Waals surface area contributed by atoms with Crippen LogP contribution in [0.5, 0.6) is 11.5 Å². The molecule has 8 nitrogen and oxygen atoms in total. The lowest BCUT2D eigenvalue weighted by Gasteiger charge is -2.24. The fourth-order valence-corrected chi connectivity index (χ4v) is 5.62. The Kier molecular flexibility index (Phi) is 8.53. The maximum absolute atomic E-state index is 13.8. The Morgan fingerprint density at radius 3 is 2.47 bits per heavy atom. The first-order valence-corrected chi connectivity index (χ1v) is 14.1. The third-order valence-electron chi connectivity index (χ3n) is 5.77. The van der Waals surface area contributed by atoms with Gasteiger partial charge in [-0.3, -0.25) is 14.2 Å². The van der Waals surface area contributed by atoms with Crippen molar-refractivity contribution in [1.29, 1.82) is 0 Å². The number of carbonyl (C=O) groups excluding carboxylic acids is 2. The number of nitrogens with zero attached hydrogens (tertiary/aromatic N) is 2. The number of allylic oxidation sites excluding steroid dienone is 1. The van der Waals surface area contributed by atoms with Gasteiger partial charge in [-0.05, 0) is 68.5 Å². The van der Waals surface area contributed by atoms with Gasteiger partial charge in [0, 0.05) is 11.8 Å². The molecule has 0 radical (unpaired) electrons. The first-order valence-electron chi connectivity index (χ1n) is 12.1. The van der Waals surface area contributed by atoms with Crippen LogP contribution in [0.2, 0.25) is 0 Å². The van der Waals surface area contributed by atoms with Gasteiger partial charge in [0.1, 0.15) is 0 Å². The standard InChI is InChI=1S/C28H28N2O6S2/c1-6-34-22-14-18(8-13-21(22)36-17(4)31)15-23-26(32)30-25(19-9-11-20(37-5)12-10-19)24(27(33)35-7-2)16(3)29-28(30)38-23/h8-15,25H,6-7H2,1-5H3. The Morgan fingerprint density at radius 2 is 1.84 bits per heavy atom. The molecule has 4 rings (SSSR count). The Balaban J connectivity index is 1.88. The van der Waals surface area contributed by atoms with Gasteiger partial charge >= 0.3 is 11.9 Å². The lowest BCUT2D eigenvalue weighted by molar-refractivity contribution is -0.139. The van der Waals surface area contributed by atoms with Crippen molar-refractivity contribution < 1.29 is 23.8 Å². The smallest absolute Gasteiger partial charge is 0.338 e. The number of carbonyl (C=O) groups is 2. The van der Waals surface area contributed by atoms with Crippen LogP contribution in [0.15, 0.2) is 68.4 Å². The van der Waals surface area contributed by atoms with Crippen molar-refractivity contribution in [2.75, 3.05) is 19.5 Å². The highest BCUT2D eigenvalue weighted by atomic mass is 32.2. The minimum absolute atomic E-state index is 0.212. The SMILES string of the molecule is CCOC(=O)C1=C(C)N=c2sc(=Cc3ccc(OC(C)=O)c(OCC)c3)c(=O)n2C1c1ccc(SC)cc1. The van der Waals surface area contributed by atoms with E-state index in [0.29, 0.717) is 44.3 Å².